The number of halogens is 1. The lowest BCUT2D eigenvalue weighted by atomic mass is 10.0. The van der Waals surface area contributed by atoms with Gasteiger partial charge in [0.2, 0.25) is 0 Å². The third kappa shape index (κ3) is 4.08. The monoisotopic (exact) mass is 303 g/mol. The van der Waals surface area contributed by atoms with Gasteiger partial charge in [0.25, 0.3) is 0 Å². The molecule has 0 unspecified atom stereocenters. The lowest BCUT2D eigenvalue weighted by molar-refractivity contribution is -0.118. The van der Waals surface area contributed by atoms with E-state index in [1.54, 1.807) is 6.20 Å². The molecule has 1 aromatic carbocycles. The van der Waals surface area contributed by atoms with Gasteiger partial charge in [-0.15, -0.1) is 0 Å². The first-order valence-electron chi connectivity index (χ1n) is 5.89. The number of rotatable bonds is 5. The Balaban J connectivity index is 1.84. The van der Waals surface area contributed by atoms with Crippen LogP contribution in [0.5, 0.6) is 0 Å². The van der Waals surface area contributed by atoms with Crippen molar-refractivity contribution in [2.75, 3.05) is 0 Å². The molecule has 0 saturated carbocycles. The lowest BCUT2D eigenvalue weighted by Crippen LogP contribution is -2.04. The summed E-state index contributed by atoms with van der Waals surface area (Å²) in [6.45, 7) is 0. The fraction of sp³-hybridized carbons (Fsp3) is 0.200. The molecule has 2 aromatic rings. The summed E-state index contributed by atoms with van der Waals surface area (Å²) < 4.78 is 1.04. The molecule has 0 aliphatic heterocycles. The maximum absolute atomic E-state index is 11.8. The number of hydrogen-bond donors (Lipinski definition) is 0. The second-order valence-corrected chi connectivity index (χ2v) is 5.12. The Kier molecular flexibility index (Phi) is 4.65. The first-order chi connectivity index (χ1) is 8.74. The van der Waals surface area contributed by atoms with Crippen molar-refractivity contribution in [2.24, 2.45) is 0 Å². The van der Waals surface area contributed by atoms with Gasteiger partial charge in [-0.25, -0.2) is 0 Å². The predicted molar refractivity (Wildman–Crippen MR) is 75.4 cm³/mol. The summed E-state index contributed by atoms with van der Waals surface area (Å²) in [5, 5.41) is 0. The number of pyridine rings is 1. The van der Waals surface area contributed by atoms with Crippen molar-refractivity contribution >= 4 is 21.7 Å². The quantitative estimate of drug-likeness (QED) is 0.845. The number of benzene rings is 1. The van der Waals surface area contributed by atoms with Crippen molar-refractivity contribution in [3.05, 3.63) is 64.4 Å². The fourth-order valence-corrected chi connectivity index (χ4v) is 2.01. The van der Waals surface area contributed by atoms with Crippen molar-refractivity contribution in [1.82, 2.24) is 4.98 Å². The highest BCUT2D eigenvalue weighted by molar-refractivity contribution is 9.10. The Hall–Kier alpha value is -1.48. The van der Waals surface area contributed by atoms with Gasteiger partial charge in [0.05, 0.1) is 0 Å². The van der Waals surface area contributed by atoms with Crippen LogP contribution in [0, 0.1) is 0 Å². The zero-order valence-corrected chi connectivity index (χ0v) is 11.6. The van der Waals surface area contributed by atoms with Gasteiger partial charge in [-0.1, -0.05) is 34.1 Å². The maximum Gasteiger partial charge on any atom is 0.137 e. The molecular weight excluding hydrogens is 290 g/mol. The van der Waals surface area contributed by atoms with Crippen molar-refractivity contribution < 1.29 is 4.79 Å². The van der Waals surface area contributed by atoms with Gasteiger partial charge in [-0.3, -0.25) is 9.78 Å². The summed E-state index contributed by atoms with van der Waals surface area (Å²) in [5.41, 5.74) is 2.18. The summed E-state index contributed by atoms with van der Waals surface area (Å²) in [6, 6.07) is 11.8. The molecular formula is C15H14BrNO. The van der Waals surface area contributed by atoms with Crippen LogP contribution >= 0.6 is 15.9 Å². The highest BCUT2D eigenvalue weighted by atomic mass is 79.9. The number of aryl methyl sites for hydroxylation is 1. The standard InChI is InChI=1S/C15H14BrNO/c16-14-6-3-12(4-7-14)10-15(18)8-5-13-2-1-9-17-11-13/h1-4,6-7,9,11H,5,8,10H2. The van der Waals surface area contributed by atoms with Crippen molar-refractivity contribution in [2.45, 2.75) is 19.3 Å². The van der Waals surface area contributed by atoms with Gasteiger partial charge in [0, 0.05) is 29.7 Å². The number of carbonyl (C=O) groups is 1. The van der Waals surface area contributed by atoms with Crippen LogP contribution in [0.2, 0.25) is 0 Å². The van der Waals surface area contributed by atoms with Gasteiger partial charge < -0.3 is 0 Å². The Morgan fingerprint density at radius 2 is 1.89 bits per heavy atom. The number of Topliss-reactive ketones (excluding diaryl/α,β-unsaturated/α-hetero) is 1. The molecule has 0 aliphatic carbocycles. The number of hydrogen-bond acceptors (Lipinski definition) is 2. The average Bonchev–Trinajstić information content (AvgIpc) is 2.40. The normalized spacial score (nSPS) is 10.3. The lowest BCUT2D eigenvalue weighted by Gasteiger charge is -2.02. The smallest absolute Gasteiger partial charge is 0.137 e. The summed E-state index contributed by atoms with van der Waals surface area (Å²) in [6.07, 6.45) is 5.40. The molecule has 0 saturated heterocycles. The van der Waals surface area contributed by atoms with Gasteiger partial charge >= 0.3 is 0 Å². The average molecular weight is 304 g/mol. The van der Waals surface area contributed by atoms with E-state index in [1.165, 1.54) is 0 Å². The molecule has 2 nitrogen and oxygen atoms in total. The number of ketones is 1. The maximum atomic E-state index is 11.8. The van der Waals surface area contributed by atoms with Crippen molar-refractivity contribution in [1.29, 1.82) is 0 Å². The summed E-state index contributed by atoms with van der Waals surface area (Å²) >= 11 is 3.38. The molecule has 0 bridgehead atoms. The molecule has 1 heterocycles. The third-order valence-electron chi connectivity index (χ3n) is 2.73. The minimum atomic E-state index is 0.265. The van der Waals surface area contributed by atoms with Crippen LogP contribution in [-0.2, 0) is 17.6 Å². The second-order valence-electron chi connectivity index (χ2n) is 4.20. The van der Waals surface area contributed by atoms with Gasteiger partial charge in [-0.05, 0) is 35.7 Å². The molecule has 0 atom stereocenters. The van der Waals surface area contributed by atoms with Crippen molar-refractivity contribution in [3.8, 4) is 0 Å². The minimum absolute atomic E-state index is 0.265. The van der Waals surface area contributed by atoms with Gasteiger partial charge in [0.15, 0.2) is 0 Å². The first kappa shape index (κ1) is 13.0. The SMILES string of the molecule is O=C(CCc1cccnc1)Cc1ccc(Br)cc1. The molecule has 0 amide bonds. The van der Waals surface area contributed by atoms with Crippen LogP contribution in [0.25, 0.3) is 0 Å². The molecule has 0 fully saturated rings. The van der Waals surface area contributed by atoms with E-state index in [9.17, 15) is 4.79 Å². The highest BCUT2D eigenvalue weighted by Crippen LogP contribution is 2.12. The predicted octanol–water partition coefficient (Wildman–Crippen LogP) is 3.59. The molecule has 0 N–H and O–H groups in total. The Morgan fingerprint density at radius 1 is 1.11 bits per heavy atom. The molecule has 92 valence electrons. The minimum Gasteiger partial charge on any atom is -0.299 e. The topological polar surface area (TPSA) is 30.0 Å². The van der Waals surface area contributed by atoms with E-state index in [0.29, 0.717) is 12.8 Å². The number of carbonyl (C=O) groups excluding carboxylic acids is 1. The Labute approximate surface area is 115 Å². The molecule has 0 radical (unpaired) electrons. The summed E-state index contributed by atoms with van der Waals surface area (Å²) in [7, 11) is 0. The van der Waals surface area contributed by atoms with Crippen LogP contribution in [-0.4, -0.2) is 10.8 Å². The molecule has 3 heteroatoms. The van der Waals surface area contributed by atoms with E-state index in [4.69, 9.17) is 0 Å². The molecule has 1 aromatic heterocycles. The van der Waals surface area contributed by atoms with E-state index in [1.807, 2.05) is 42.6 Å². The fourth-order valence-electron chi connectivity index (χ4n) is 1.75. The van der Waals surface area contributed by atoms with Crippen LogP contribution in [0.4, 0.5) is 0 Å². The number of nitrogens with zero attached hydrogens (tertiary/aromatic N) is 1. The van der Waals surface area contributed by atoms with Crippen LogP contribution in [0.3, 0.4) is 0 Å². The third-order valence-corrected chi connectivity index (χ3v) is 3.26. The van der Waals surface area contributed by atoms with Crippen LogP contribution in [0.1, 0.15) is 17.5 Å². The van der Waals surface area contributed by atoms with E-state index in [-0.39, 0.29) is 5.78 Å². The zero-order chi connectivity index (χ0) is 12.8. The van der Waals surface area contributed by atoms with Crippen LogP contribution < -0.4 is 0 Å². The highest BCUT2D eigenvalue weighted by Gasteiger charge is 2.04. The molecule has 0 spiro atoms. The molecule has 18 heavy (non-hydrogen) atoms. The van der Waals surface area contributed by atoms with E-state index in [0.717, 1.165) is 22.0 Å². The Bertz CT molecular complexity index is 508. The van der Waals surface area contributed by atoms with Crippen LogP contribution in [0.15, 0.2) is 53.3 Å². The zero-order valence-electron chi connectivity index (χ0n) is 9.97. The van der Waals surface area contributed by atoms with Gasteiger partial charge in [-0.2, -0.15) is 0 Å². The number of aromatic nitrogens is 1. The summed E-state index contributed by atoms with van der Waals surface area (Å²) in [5.74, 6) is 0.265. The molecule has 0 aliphatic rings. The summed E-state index contributed by atoms with van der Waals surface area (Å²) in [4.78, 5) is 15.9. The van der Waals surface area contributed by atoms with Crippen molar-refractivity contribution in [3.63, 3.8) is 0 Å². The molecule has 2 rings (SSSR count). The largest absolute Gasteiger partial charge is 0.299 e. The van der Waals surface area contributed by atoms with Gasteiger partial charge in [0.1, 0.15) is 5.78 Å². The van der Waals surface area contributed by atoms with E-state index in [2.05, 4.69) is 20.9 Å². The van der Waals surface area contributed by atoms with E-state index < -0.39 is 0 Å². The second kappa shape index (κ2) is 6.45. The first-order valence-corrected chi connectivity index (χ1v) is 6.68. The Morgan fingerprint density at radius 3 is 2.56 bits per heavy atom. The van der Waals surface area contributed by atoms with E-state index >= 15 is 0 Å².